The first-order chi connectivity index (χ1) is 6.18. The van der Waals surface area contributed by atoms with E-state index < -0.39 is 0 Å². The van der Waals surface area contributed by atoms with Crippen molar-refractivity contribution < 1.29 is 4.79 Å². The summed E-state index contributed by atoms with van der Waals surface area (Å²) in [6, 6.07) is 4.09. The zero-order chi connectivity index (χ0) is 9.42. The van der Waals surface area contributed by atoms with Crippen molar-refractivity contribution in [3.05, 3.63) is 33.3 Å². The van der Waals surface area contributed by atoms with Crippen LogP contribution in [-0.4, -0.2) is 5.78 Å². The van der Waals surface area contributed by atoms with Gasteiger partial charge in [-0.25, -0.2) is 0 Å². The topological polar surface area (TPSA) is 17.1 Å². The van der Waals surface area contributed by atoms with E-state index in [0.29, 0.717) is 12.2 Å². The molecule has 68 valence electrons. The summed E-state index contributed by atoms with van der Waals surface area (Å²) in [5, 5.41) is 0. The zero-order valence-electron chi connectivity index (χ0n) is 7.56. The average molecular weight is 239 g/mol. The third kappa shape index (κ3) is 1.55. The number of benzene rings is 1. The first-order valence-electron chi connectivity index (χ1n) is 4.50. The van der Waals surface area contributed by atoms with E-state index in [1.165, 1.54) is 5.56 Å². The van der Waals surface area contributed by atoms with Crippen LogP contribution in [0.25, 0.3) is 0 Å². The quantitative estimate of drug-likeness (QED) is 0.679. The van der Waals surface area contributed by atoms with Gasteiger partial charge in [0.25, 0.3) is 0 Å². The smallest absolute Gasteiger partial charge is 0.163 e. The second-order valence-electron chi connectivity index (χ2n) is 3.54. The van der Waals surface area contributed by atoms with Crippen molar-refractivity contribution in [2.75, 3.05) is 0 Å². The molecular weight excluding hydrogens is 228 g/mol. The Labute approximate surface area is 86.3 Å². The van der Waals surface area contributed by atoms with Gasteiger partial charge in [0.05, 0.1) is 0 Å². The molecule has 0 unspecified atom stereocenters. The highest BCUT2D eigenvalue weighted by molar-refractivity contribution is 9.10. The van der Waals surface area contributed by atoms with Crippen molar-refractivity contribution in [2.45, 2.75) is 26.2 Å². The SMILES string of the molecule is Cc1cc2c(cc1Br)CCCC2=O. The number of Topliss-reactive ketones (excluding diaryl/α,β-unsaturated/α-hetero) is 1. The van der Waals surface area contributed by atoms with Gasteiger partial charge in [0, 0.05) is 16.5 Å². The van der Waals surface area contributed by atoms with Crippen LogP contribution < -0.4 is 0 Å². The van der Waals surface area contributed by atoms with Gasteiger partial charge >= 0.3 is 0 Å². The Morgan fingerprint density at radius 2 is 2.08 bits per heavy atom. The number of halogens is 1. The van der Waals surface area contributed by atoms with Gasteiger partial charge in [-0.2, -0.15) is 0 Å². The number of carbonyl (C=O) groups excluding carboxylic acids is 1. The second kappa shape index (κ2) is 3.26. The Bertz CT molecular complexity index is 369. The van der Waals surface area contributed by atoms with E-state index in [-0.39, 0.29) is 0 Å². The third-order valence-corrected chi connectivity index (χ3v) is 3.39. The molecule has 1 aliphatic rings. The molecule has 0 N–H and O–H groups in total. The fourth-order valence-electron chi connectivity index (χ4n) is 1.76. The summed E-state index contributed by atoms with van der Waals surface area (Å²) in [7, 11) is 0. The minimum absolute atomic E-state index is 0.303. The van der Waals surface area contributed by atoms with E-state index in [2.05, 4.69) is 22.0 Å². The van der Waals surface area contributed by atoms with Crippen LogP contribution in [0.2, 0.25) is 0 Å². The predicted octanol–water partition coefficient (Wildman–Crippen LogP) is 3.28. The second-order valence-corrected chi connectivity index (χ2v) is 4.39. The van der Waals surface area contributed by atoms with E-state index in [9.17, 15) is 4.79 Å². The Balaban J connectivity index is 2.58. The molecule has 0 atom stereocenters. The average Bonchev–Trinajstić information content (AvgIpc) is 2.09. The highest BCUT2D eigenvalue weighted by Crippen LogP contribution is 2.27. The summed E-state index contributed by atoms with van der Waals surface area (Å²) >= 11 is 3.48. The lowest BCUT2D eigenvalue weighted by molar-refractivity contribution is 0.0972. The van der Waals surface area contributed by atoms with Gasteiger partial charge in [-0.3, -0.25) is 4.79 Å². The highest BCUT2D eigenvalue weighted by atomic mass is 79.9. The van der Waals surface area contributed by atoms with Crippen molar-refractivity contribution in [1.29, 1.82) is 0 Å². The number of rotatable bonds is 0. The molecule has 0 spiro atoms. The van der Waals surface area contributed by atoms with Crippen molar-refractivity contribution in [1.82, 2.24) is 0 Å². The molecule has 1 nitrogen and oxygen atoms in total. The lowest BCUT2D eigenvalue weighted by atomic mass is 9.90. The molecule has 1 aromatic carbocycles. The van der Waals surface area contributed by atoms with Crippen LogP contribution in [0.4, 0.5) is 0 Å². The van der Waals surface area contributed by atoms with Crippen LogP contribution in [0.5, 0.6) is 0 Å². The zero-order valence-corrected chi connectivity index (χ0v) is 9.15. The maximum absolute atomic E-state index is 11.5. The standard InChI is InChI=1S/C11H11BrO/c1-7-5-9-8(6-10(7)12)3-2-4-11(9)13/h5-6H,2-4H2,1H3. The van der Waals surface area contributed by atoms with Gasteiger partial charge in [-0.05, 0) is 43.0 Å². The van der Waals surface area contributed by atoms with Gasteiger partial charge in [-0.1, -0.05) is 15.9 Å². The Morgan fingerprint density at radius 3 is 2.85 bits per heavy atom. The van der Waals surface area contributed by atoms with Crippen LogP contribution in [-0.2, 0) is 6.42 Å². The number of hydrogen-bond donors (Lipinski definition) is 0. The lowest BCUT2D eigenvalue weighted by Gasteiger charge is -2.15. The molecule has 0 bridgehead atoms. The molecular formula is C11H11BrO. The number of fused-ring (bicyclic) bond motifs is 1. The molecule has 0 amide bonds. The lowest BCUT2D eigenvalue weighted by Crippen LogP contribution is -2.10. The summed E-state index contributed by atoms with van der Waals surface area (Å²) in [5.41, 5.74) is 3.29. The summed E-state index contributed by atoms with van der Waals surface area (Å²) in [4.78, 5) is 11.5. The fourth-order valence-corrected chi connectivity index (χ4v) is 2.15. The molecule has 13 heavy (non-hydrogen) atoms. The van der Waals surface area contributed by atoms with Crippen molar-refractivity contribution in [3.8, 4) is 0 Å². The molecule has 0 aromatic heterocycles. The first kappa shape index (κ1) is 8.95. The van der Waals surface area contributed by atoms with Crippen LogP contribution >= 0.6 is 15.9 Å². The summed E-state index contributed by atoms with van der Waals surface area (Å²) in [6.45, 7) is 2.02. The minimum atomic E-state index is 0.303. The van der Waals surface area contributed by atoms with Gasteiger partial charge in [0.1, 0.15) is 0 Å². The minimum Gasteiger partial charge on any atom is -0.294 e. The molecule has 0 radical (unpaired) electrons. The Morgan fingerprint density at radius 1 is 1.31 bits per heavy atom. The van der Waals surface area contributed by atoms with Crippen LogP contribution in [0.1, 0.15) is 34.3 Å². The Hall–Kier alpha value is -0.630. The number of carbonyl (C=O) groups is 1. The summed E-state index contributed by atoms with van der Waals surface area (Å²) in [6.07, 6.45) is 2.76. The highest BCUT2D eigenvalue weighted by Gasteiger charge is 2.17. The van der Waals surface area contributed by atoms with E-state index in [1.807, 2.05) is 13.0 Å². The van der Waals surface area contributed by atoms with Crippen LogP contribution in [0.3, 0.4) is 0 Å². The van der Waals surface area contributed by atoms with Crippen molar-refractivity contribution in [3.63, 3.8) is 0 Å². The summed E-state index contributed by atoms with van der Waals surface area (Å²) < 4.78 is 1.11. The molecule has 1 aliphatic carbocycles. The van der Waals surface area contributed by atoms with E-state index in [4.69, 9.17) is 0 Å². The van der Waals surface area contributed by atoms with Gasteiger partial charge in [0.2, 0.25) is 0 Å². The molecule has 2 rings (SSSR count). The van der Waals surface area contributed by atoms with Crippen molar-refractivity contribution >= 4 is 21.7 Å². The maximum Gasteiger partial charge on any atom is 0.163 e. The molecule has 0 saturated heterocycles. The van der Waals surface area contributed by atoms with E-state index in [1.54, 1.807) is 0 Å². The van der Waals surface area contributed by atoms with E-state index in [0.717, 1.165) is 28.4 Å². The van der Waals surface area contributed by atoms with Crippen LogP contribution in [0, 0.1) is 6.92 Å². The number of ketones is 1. The van der Waals surface area contributed by atoms with Crippen LogP contribution in [0.15, 0.2) is 16.6 Å². The monoisotopic (exact) mass is 238 g/mol. The molecule has 0 aliphatic heterocycles. The largest absolute Gasteiger partial charge is 0.294 e. The predicted molar refractivity (Wildman–Crippen MR) is 56.1 cm³/mol. The maximum atomic E-state index is 11.5. The van der Waals surface area contributed by atoms with Gasteiger partial charge in [-0.15, -0.1) is 0 Å². The first-order valence-corrected chi connectivity index (χ1v) is 5.30. The molecule has 0 heterocycles. The molecule has 2 heteroatoms. The van der Waals surface area contributed by atoms with Gasteiger partial charge < -0.3 is 0 Å². The molecule has 0 fully saturated rings. The molecule has 0 saturated carbocycles. The summed E-state index contributed by atoms with van der Waals surface area (Å²) in [5.74, 6) is 0.303. The normalized spacial score (nSPS) is 15.7. The molecule has 1 aromatic rings. The van der Waals surface area contributed by atoms with Crippen molar-refractivity contribution in [2.24, 2.45) is 0 Å². The van der Waals surface area contributed by atoms with E-state index >= 15 is 0 Å². The fraction of sp³-hybridized carbons (Fsp3) is 0.364. The number of aryl methyl sites for hydroxylation is 2. The Kier molecular flexibility index (Phi) is 2.24. The third-order valence-electron chi connectivity index (χ3n) is 2.53. The van der Waals surface area contributed by atoms with Gasteiger partial charge in [0.15, 0.2) is 5.78 Å². The number of hydrogen-bond acceptors (Lipinski definition) is 1.